The molecule has 5 nitrogen and oxygen atoms in total. The Morgan fingerprint density at radius 3 is 2.95 bits per heavy atom. The molecule has 2 rings (SSSR count). The number of ketones is 1. The highest BCUT2D eigenvalue weighted by molar-refractivity contribution is 6.23. The van der Waals surface area contributed by atoms with Gasteiger partial charge in [0.25, 0.3) is 0 Å². The number of hydrogen-bond donors (Lipinski definition) is 3. The number of Topliss-reactive ketones (excluding diaryl/α,β-unsaturated/α-hetero) is 1. The molecule has 3 N–H and O–H groups in total. The second-order valence-corrected chi connectivity index (χ2v) is 4.78. The van der Waals surface area contributed by atoms with Gasteiger partial charge in [0.15, 0.2) is 5.78 Å². The second kappa shape index (κ2) is 6.86. The maximum Gasteiger partial charge on any atom is 0.158 e. The summed E-state index contributed by atoms with van der Waals surface area (Å²) in [6.45, 7) is 0.722. The van der Waals surface area contributed by atoms with Gasteiger partial charge < -0.3 is 9.84 Å². The molecule has 0 bridgehead atoms. The molecule has 1 aromatic carbocycles. The standard InChI is InChI=1S/C13H17ClN2O3/c14-13-12(10(18)8-15-16-13)9-4-1-2-5-11(9)19-7-3-6-17/h1-2,4-5,12-13,15-17H,3,6-8H2. The Labute approximate surface area is 116 Å². The minimum atomic E-state index is -0.510. The molecule has 1 heterocycles. The zero-order valence-corrected chi connectivity index (χ0v) is 11.2. The van der Waals surface area contributed by atoms with Crippen molar-refractivity contribution >= 4 is 17.4 Å². The fourth-order valence-corrected chi connectivity index (χ4v) is 2.39. The zero-order valence-electron chi connectivity index (χ0n) is 10.4. The van der Waals surface area contributed by atoms with Gasteiger partial charge in [-0.2, -0.15) is 0 Å². The highest BCUT2D eigenvalue weighted by Gasteiger charge is 2.33. The van der Waals surface area contributed by atoms with Crippen LogP contribution in [0.1, 0.15) is 17.9 Å². The van der Waals surface area contributed by atoms with Crippen LogP contribution in [0.4, 0.5) is 0 Å². The topological polar surface area (TPSA) is 70.6 Å². The van der Waals surface area contributed by atoms with Crippen LogP contribution >= 0.6 is 11.6 Å². The van der Waals surface area contributed by atoms with Crippen molar-refractivity contribution in [3.05, 3.63) is 29.8 Å². The summed E-state index contributed by atoms with van der Waals surface area (Å²) in [4.78, 5) is 12.0. The maximum absolute atomic E-state index is 12.0. The molecule has 0 spiro atoms. The van der Waals surface area contributed by atoms with Crippen molar-refractivity contribution in [2.75, 3.05) is 19.8 Å². The molecule has 1 aliphatic heterocycles. The SMILES string of the molecule is O=C1CNNC(Cl)C1c1ccccc1OCCCO. The van der Waals surface area contributed by atoms with Crippen LogP contribution in [0.25, 0.3) is 0 Å². The Balaban J connectivity index is 2.20. The van der Waals surface area contributed by atoms with E-state index in [-0.39, 0.29) is 18.9 Å². The van der Waals surface area contributed by atoms with Crippen molar-refractivity contribution in [3.8, 4) is 5.75 Å². The molecular weight excluding hydrogens is 268 g/mol. The van der Waals surface area contributed by atoms with Gasteiger partial charge in [-0.15, -0.1) is 11.6 Å². The molecule has 0 aliphatic carbocycles. The molecule has 0 aromatic heterocycles. The Morgan fingerprint density at radius 1 is 1.42 bits per heavy atom. The summed E-state index contributed by atoms with van der Waals surface area (Å²) in [6, 6.07) is 7.36. The summed E-state index contributed by atoms with van der Waals surface area (Å²) in [5.41, 5.74) is 5.87. The van der Waals surface area contributed by atoms with Crippen molar-refractivity contribution in [1.29, 1.82) is 0 Å². The number of benzene rings is 1. The number of carbonyl (C=O) groups excluding carboxylic acids is 1. The summed E-state index contributed by atoms with van der Waals surface area (Å²) >= 11 is 6.16. The van der Waals surface area contributed by atoms with Crippen molar-refractivity contribution in [2.45, 2.75) is 17.8 Å². The molecule has 2 atom stereocenters. The second-order valence-electron chi connectivity index (χ2n) is 4.31. The predicted octanol–water partition coefficient (Wildman–Crippen LogP) is 0.773. The first kappa shape index (κ1) is 14.3. The van der Waals surface area contributed by atoms with Crippen LogP contribution in [0.5, 0.6) is 5.75 Å². The Hall–Kier alpha value is -1.14. The average Bonchev–Trinajstić information content (AvgIpc) is 2.40. The van der Waals surface area contributed by atoms with E-state index < -0.39 is 11.4 Å². The third-order valence-corrected chi connectivity index (χ3v) is 3.32. The number of aliphatic hydroxyl groups excluding tert-OH is 1. The average molecular weight is 285 g/mol. The molecule has 1 saturated heterocycles. The quantitative estimate of drug-likeness (QED) is 0.423. The van der Waals surface area contributed by atoms with E-state index in [2.05, 4.69) is 10.9 Å². The van der Waals surface area contributed by atoms with E-state index in [4.69, 9.17) is 21.4 Å². The number of aliphatic hydroxyl groups is 1. The minimum absolute atomic E-state index is 0.0250. The predicted molar refractivity (Wildman–Crippen MR) is 72.2 cm³/mol. The van der Waals surface area contributed by atoms with Crippen LogP contribution in [-0.2, 0) is 4.79 Å². The van der Waals surface area contributed by atoms with Crippen molar-refractivity contribution in [1.82, 2.24) is 10.9 Å². The van der Waals surface area contributed by atoms with E-state index in [1.165, 1.54) is 0 Å². The number of para-hydroxylation sites is 1. The fourth-order valence-electron chi connectivity index (χ4n) is 2.04. The van der Waals surface area contributed by atoms with Crippen LogP contribution in [0, 0.1) is 0 Å². The smallest absolute Gasteiger partial charge is 0.158 e. The van der Waals surface area contributed by atoms with Gasteiger partial charge >= 0.3 is 0 Å². The Kier molecular flexibility index (Phi) is 5.15. The van der Waals surface area contributed by atoms with Gasteiger partial charge in [-0.25, -0.2) is 10.9 Å². The third kappa shape index (κ3) is 3.45. The van der Waals surface area contributed by atoms with E-state index in [0.717, 1.165) is 5.56 Å². The molecule has 1 aliphatic rings. The number of nitrogens with one attached hydrogen (secondary N) is 2. The van der Waals surface area contributed by atoms with Gasteiger partial charge in [-0.3, -0.25) is 4.79 Å². The lowest BCUT2D eigenvalue weighted by Gasteiger charge is -2.29. The lowest BCUT2D eigenvalue weighted by molar-refractivity contribution is -0.121. The summed E-state index contributed by atoms with van der Waals surface area (Å²) in [7, 11) is 0. The van der Waals surface area contributed by atoms with Crippen LogP contribution in [0.2, 0.25) is 0 Å². The minimum Gasteiger partial charge on any atom is -0.493 e. The number of hydrazine groups is 1. The van der Waals surface area contributed by atoms with Gasteiger partial charge in [0, 0.05) is 18.6 Å². The van der Waals surface area contributed by atoms with Crippen LogP contribution < -0.4 is 15.6 Å². The maximum atomic E-state index is 12.0. The summed E-state index contributed by atoms with van der Waals surface area (Å²) in [5.74, 6) is 0.230. The zero-order chi connectivity index (χ0) is 13.7. The van der Waals surface area contributed by atoms with E-state index in [1.54, 1.807) is 0 Å². The van der Waals surface area contributed by atoms with Gasteiger partial charge in [0.05, 0.1) is 19.1 Å². The summed E-state index contributed by atoms with van der Waals surface area (Å²) in [5, 5.41) is 8.77. The molecule has 0 saturated carbocycles. The van der Waals surface area contributed by atoms with Crippen molar-refractivity contribution < 1.29 is 14.6 Å². The summed E-state index contributed by atoms with van der Waals surface area (Å²) in [6.07, 6.45) is 0.553. The fraction of sp³-hybridized carbons (Fsp3) is 0.462. The molecule has 19 heavy (non-hydrogen) atoms. The molecule has 0 amide bonds. The van der Waals surface area contributed by atoms with Crippen LogP contribution in [0.15, 0.2) is 24.3 Å². The number of rotatable bonds is 5. The monoisotopic (exact) mass is 284 g/mol. The van der Waals surface area contributed by atoms with Crippen molar-refractivity contribution in [3.63, 3.8) is 0 Å². The van der Waals surface area contributed by atoms with Gasteiger partial charge in [0.1, 0.15) is 11.3 Å². The third-order valence-electron chi connectivity index (χ3n) is 2.96. The number of ether oxygens (including phenoxy) is 1. The molecule has 0 radical (unpaired) electrons. The van der Waals surface area contributed by atoms with Gasteiger partial charge in [-0.05, 0) is 6.07 Å². The number of alkyl halides is 1. The molecule has 1 fully saturated rings. The van der Waals surface area contributed by atoms with E-state index >= 15 is 0 Å². The lowest BCUT2D eigenvalue weighted by atomic mass is 9.92. The van der Waals surface area contributed by atoms with E-state index in [9.17, 15) is 4.79 Å². The van der Waals surface area contributed by atoms with E-state index in [1.807, 2.05) is 24.3 Å². The molecule has 6 heteroatoms. The molecular formula is C13H17ClN2O3. The van der Waals surface area contributed by atoms with Crippen molar-refractivity contribution in [2.24, 2.45) is 0 Å². The van der Waals surface area contributed by atoms with Crippen LogP contribution in [-0.4, -0.2) is 36.1 Å². The molecule has 2 unspecified atom stereocenters. The first-order chi connectivity index (χ1) is 9.24. The highest BCUT2D eigenvalue weighted by atomic mass is 35.5. The number of carbonyl (C=O) groups is 1. The van der Waals surface area contributed by atoms with Gasteiger partial charge in [-0.1, -0.05) is 18.2 Å². The molecule has 1 aromatic rings. The number of hydrogen-bond acceptors (Lipinski definition) is 5. The number of halogens is 1. The lowest BCUT2D eigenvalue weighted by Crippen LogP contribution is -2.52. The van der Waals surface area contributed by atoms with Gasteiger partial charge in [0.2, 0.25) is 0 Å². The first-order valence-corrected chi connectivity index (χ1v) is 6.65. The normalized spacial score (nSPS) is 23.4. The molecule has 104 valence electrons. The first-order valence-electron chi connectivity index (χ1n) is 6.22. The Bertz CT molecular complexity index is 442. The highest BCUT2D eigenvalue weighted by Crippen LogP contribution is 2.32. The Morgan fingerprint density at radius 2 is 2.21 bits per heavy atom. The van der Waals surface area contributed by atoms with Crippen LogP contribution in [0.3, 0.4) is 0 Å². The van der Waals surface area contributed by atoms with E-state index in [0.29, 0.717) is 18.8 Å². The largest absolute Gasteiger partial charge is 0.493 e. The summed E-state index contributed by atoms with van der Waals surface area (Å²) < 4.78 is 5.61.